The molecule has 0 aromatic heterocycles. The van der Waals surface area contributed by atoms with Gasteiger partial charge >= 0.3 is 0 Å². The SMILES string of the molecule is Cc1ccc2cc1CCCNC(=O)CN(C(=O)Cc1cc3c(cc1Cl)OCCO3)C[C@@H](C)NC(=O)[C@H]([C@@H](C)O)NC2=O. The summed E-state index contributed by atoms with van der Waals surface area (Å²) in [5.41, 5.74) is 2.80. The van der Waals surface area contributed by atoms with E-state index in [1.165, 1.54) is 11.8 Å². The van der Waals surface area contributed by atoms with Gasteiger partial charge in [-0.15, -0.1) is 0 Å². The molecule has 0 aliphatic carbocycles. The maximum Gasteiger partial charge on any atom is 0.252 e. The minimum Gasteiger partial charge on any atom is -0.486 e. The van der Waals surface area contributed by atoms with Crippen molar-refractivity contribution in [3.8, 4) is 11.5 Å². The van der Waals surface area contributed by atoms with Gasteiger partial charge in [0.2, 0.25) is 17.7 Å². The number of hydrogen-bond donors (Lipinski definition) is 4. The Morgan fingerprint density at radius 2 is 1.83 bits per heavy atom. The van der Waals surface area contributed by atoms with Gasteiger partial charge in [-0.1, -0.05) is 17.7 Å². The molecule has 0 spiro atoms. The Kier molecular flexibility index (Phi) is 10.3. The van der Waals surface area contributed by atoms with E-state index in [1.807, 2.05) is 13.0 Å². The molecule has 0 saturated carbocycles. The fraction of sp³-hybridized carbons (Fsp3) is 0.467. The second-order valence-electron chi connectivity index (χ2n) is 10.7. The van der Waals surface area contributed by atoms with Crippen molar-refractivity contribution in [2.75, 3.05) is 32.8 Å². The van der Waals surface area contributed by atoms with Crippen molar-refractivity contribution in [1.82, 2.24) is 20.9 Å². The second-order valence-corrected chi connectivity index (χ2v) is 11.1. The van der Waals surface area contributed by atoms with Crippen LogP contribution in [-0.2, 0) is 27.2 Å². The van der Waals surface area contributed by atoms with Crippen LogP contribution in [0.5, 0.6) is 11.5 Å². The third kappa shape index (κ3) is 7.92. The summed E-state index contributed by atoms with van der Waals surface area (Å²) in [4.78, 5) is 53.9. The highest BCUT2D eigenvalue weighted by molar-refractivity contribution is 6.31. The first-order valence-electron chi connectivity index (χ1n) is 14.0. The number of nitrogens with one attached hydrogen (secondary N) is 3. The number of nitrogens with zero attached hydrogens (tertiary/aromatic N) is 1. The Bertz CT molecular complexity index is 1350. The highest BCUT2D eigenvalue weighted by Gasteiger charge is 2.29. The van der Waals surface area contributed by atoms with Crippen LogP contribution in [0.2, 0.25) is 5.02 Å². The van der Waals surface area contributed by atoms with Crippen molar-refractivity contribution < 1.29 is 33.8 Å². The summed E-state index contributed by atoms with van der Waals surface area (Å²) in [6.45, 7) is 5.95. The summed E-state index contributed by atoms with van der Waals surface area (Å²) in [6, 6.07) is 6.66. The van der Waals surface area contributed by atoms with Gasteiger partial charge in [0.1, 0.15) is 19.3 Å². The minimum atomic E-state index is -1.23. The number of aliphatic hydroxyl groups excluding tert-OH is 1. The molecule has 4 rings (SSSR count). The molecule has 3 atom stereocenters. The second kappa shape index (κ2) is 13.9. The van der Waals surface area contributed by atoms with Gasteiger partial charge in [0.25, 0.3) is 5.91 Å². The van der Waals surface area contributed by atoms with Crippen LogP contribution in [0.25, 0.3) is 0 Å². The van der Waals surface area contributed by atoms with E-state index in [-0.39, 0.29) is 31.3 Å². The Labute approximate surface area is 249 Å². The number of aliphatic hydroxyl groups is 1. The normalized spacial score (nSPS) is 21.0. The summed E-state index contributed by atoms with van der Waals surface area (Å²) in [6.07, 6.45) is -0.0694. The number of amides is 4. The molecule has 4 N–H and O–H groups in total. The molecule has 2 aliphatic rings. The van der Waals surface area contributed by atoms with E-state index < -0.39 is 30.0 Å². The quantitative estimate of drug-likeness (QED) is 0.418. The van der Waals surface area contributed by atoms with Crippen LogP contribution >= 0.6 is 11.6 Å². The van der Waals surface area contributed by atoms with Gasteiger partial charge in [0, 0.05) is 35.8 Å². The number of halogens is 1. The van der Waals surface area contributed by atoms with Crippen LogP contribution in [0.4, 0.5) is 0 Å². The van der Waals surface area contributed by atoms with Gasteiger partial charge in [0.15, 0.2) is 11.5 Å². The predicted molar refractivity (Wildman–Crippen MR) is 156 cm³/mol. The van der Waals surface area contributed by atoms with Crippen LogP contribution < -0.4 is 25.4 Å². The van der Waals surface area contributed by atoms with Crippen molar-refractivity contribution in [1.29, 1.82) is 0 Å². The number of benzene rings is 2. The zero-order valence-corrected chi connectivity index (χ0v) is 24.8. The number of ether oxygens (including phenoxy) is 2. The number of rotatable bonds is 3. The zero-order chi connectivity index (χ0) is 30.4. The number of aryl methyl sites for hydroxylation is 2. The lowest BCUT2D eigenvalue weighted by Gasteiger charge is -2.28. The average Bonchev–Trinajstić information content (AvgIpc) is 2.94. The summed E-state index contributed by atoms with van der Waals surface area (Å²) in [5.74, 6) is -0.842. The van der Waals surface area contributed by atoms with Crippen LogP contribution in [0.1, 0.15) is 47.3 Å². The first-order valence-corrected chi connectivity index (χ1v) is 14.4. The average molecular weight is 601 g/mol. The van der Waals surface area contributed by atoms with Crippen LogP contribution in [0.15, 0.2) is 30.3 Å². The first-order chi connectivity index (χ1) is 20.0. The van der Waals surface area contributed by atoms with Gasteiger partial charge < -0.3 is 35.4 Å². The molecule has 2 heterocycles. The molecule has 2 aromatic rings. The first kappa shape index (κ1) is 31.1. The van der Waals surface area contributed by atoms with Crippen molar-refractivity contribution in [3.05, 3.63) is 57.6 Å². The molecule has 2 bridgehead atoms. The standard InChI is InChI=1S/C30H37ClN4O7/c1-17-6-7-21-11-20(17)5-4-8-32-26(37)16-35(15-18(2)33-30(40)28(19(3)36)34-29(21)39)27(38)13-22-12-24-25(14-23(22)31)42-10-9-41-24/h6-7,11-12,14,18-19,28,36H,4-5,8-10,13,15-16H2,1-3H3,(H,32,37)(H,33,40)(H,34,39)/t18-,19-,28+/m1/s1. The molecule has 2 aliphatic heterocycles. The van der Waals surface area contributed by atoms with E-state index in [0.29, 0.717) is 60.2 Å². The lowest BCUT2D eigenvalue weighted by Crippen LogP contribution is -2.56. The lowest BCUT2D eigenvalue weighted by molar-refractivity contribution is -0.136. The fourth-order valence-electron chi connectivity index (χ4n) is 4.93. The van der Waals surface area contributed by atoms with E-state index in [4.69, 9.17) is 21.1 Å². The zero-order valence-electron chi connectivity index (χ0n) is 24.0. The van der Waals surface area contributed by atoms with Gasteiger partial charge in [-0.3, -0.25) is 19.2 Å². The number of carbonyl (C=O) groups excluding carboxylic acids is 4. The molecular weight excluding hydrogens is 564 g/mol. The molecule has 42 heavy (non-hydrogen) atoms. The largest absolute Gasteiger partial charge is 0.486 e. The minimum absolute atomic E-state index is 0.000606. The molecule has 12 heteroatoms. The number of carbonyl (C=O) groups is 4. The number of hydrogen-bond acceptors (Lipinski definition) is 7. The van der Waals surface area contributed by atoms with Gasteiger partial charge in [-0.05, 0) is 68.5 Å². The van der Waals surface area contributed by atoms with E-state index in [0.717, 1.165) is 11.1 Å². The molecule has 2 aromatic carbocycles. The Balaban J connectivity index is 1.55. The summed E-state index contributed by atoms with van der Waals surface area (Å²) >= 11 is 6.44. The monoisotopic (exact) mass is 600 g/mol. The molecule has 0 unspecified atom stereocenters. The third-order valence-electron chi connectivity index (χ3n) is 7.23. The van der Waals surface area contributed by atoms with E-state index in [1.54, 1.807) is 31.2 Å². The third-order valence-corrected chi connectivity index (χ3v) is 7.58. The van der Waals surface area contributed by atoms with E-state index in [2.05, 4.69) is 16.0 Å². The Hall–Kier alpha value is -3.83. The maximum atomic E-state index is 13.5. The topological polar surface area (TPSA) is 146 Å². The smallest absolute Gasteiger partial charge is 0.252 e. The van der Waals surface area contributed by atoms with Crippen molar-refractivity contribution in [3.63, 3.8) is 0 Å². The highest BCUT2D eigenvalue weighted by atomic mass is 35.5. The molecule has 226 valence electrons. The van der Waals surface area contributed by atoms with Crippen LogP contribution in [0.3, 0.4) is 0 Å². The Morgan fingerprint density at radius 3 is 2.55 bits per heavy atom. The van der Waals surface area contributed by atoms with Crippen molar-refractivity contribution in [2.24, 2.45) is 0 Å². The molecule has 0 saturated heterocycles. The van der Waals surface area contributed by atoms with Crippen molar-refractivity contribution >= 4 is 35.2 Å². The van der Waals surface area contributed by atoms with E-state index >= 15 is 0 Å². The van der Waals surface area contributed by atoms with Gasteiger partial charge in [0.05, 0.1) is 19.1 Å². The van der Waals surface area contributed by atoms with Crippen LogP contribution in [-0.4, -0.2) is 84.7 Å². The highest BCUT2D eigenvalue weighted by Crippen LogP contribution is 2.35. The summed E-state index contributed by atoms with van der Waals surface area (Å²) < 4.78 is 11.2. The van der Waals surface area contributed by atoms with Gasteiger partial charge in [-0.2, -0.15) is 0 Å². The predicted octanol–water partition coefficient (Wildman–Crippen LogP) is 1.54. The van der Waals surface area contributed by atoms with E-state index in [9.17, 15) is 24.3 Å². The fourth-order valence-corrected chi connectivity index (χ4v) is 5.15. The number of fused-ring (bicyclic) bond motifs is 3. The Morgan fingerprint density at radius 1 is 1.12 bits per heavy atom. The maximum absolute atomic E-state index is 13.5. The summed E-state index contributed by atoms with van der Waals surface area (Å²) in [5, 5.41) is 18.9. The summed E-state index contributed by atoms with van der Waals surface area (Å²) in [7, 11) is 0. The molecule has 0 fully saturated rings. The van der Waals surface area contributed by atoms with Crippen LogP contribution in [0, 0.1) is 6.92 Å². The molecular formula is C30H37ClN4O7. The molecule has 4 amide bonds. The molecule has 0 radical (unpaired) electrons. The van der Waals surface area contributed by atoms with Gasteiger partial charge in [-0.25, -0.2) is 0 Å². The lowest BCUT2D eigenvalue weighted by atomic mass is 10.00. The molecule has 11 nitrogen and oxygen atoms in total. The van der Waals surface area contributed by atoms with Crippen molar-refractivity contribution in [2.45, 2.75) is 58.2 Å².